The first-order chi connectivity index (χ1) is 7.56. The minimum Gasteiger partial charge on any atom is -0.480 e. The maximum atomic E-state index is 11.0. The van der Waals surface area contributed by atoms with Crippen LogP contribution in [0.3, 0.4) is 0 Å². The van der Waals surface area contributed by atoms with Crippen molar-refractivity contribution in [3.05, 3.63) is 0 Å². The molecule has 2 N–H and O–H groups in total. The molecule has 0 aliphatic heterocycles. The van der Waals surface area contributed by atoms with E-state index in [1.165, 1.54) is 20.0 Å². The number of aliphatic carboxylic acids is 1. The number of methoxy groups -OCH3 is 1. The van der Waals surface area contributed by atoms with Gasteiger partial charge in [0.05, 0.1) is 6.61 Å². The van der Waals surface area contributed by atoms with Gasteiger partial charge >= 0.3 is 5.97 Å². The summed E-state index contributed by atoms with van der Waals surface area (Å²) in [6.07, 6.45) is 3.50. The maximum absolute atomic E-state index is 11.0. The van der Waals surface area contributed by atoms with Crippen LogP contribution in [0.2, 0.25) is 0 Å². The van der Waals surface area contributed by atoms with Crippen LogP contribution in [0.15, 0.2) is 0 Å². The molecule has 0 aromatic heterocycles. The Bertz CT molecular complexity index is 232. The van der Waals surface area contributed by atoms with E-state index in [1.807, 2.05) is 0 Å². The predicted octanol–water partition coefficient (Wildman–Crippen LogP) is 1.50. The van der Waals surface area contributed by atoms with E-state index in [1.54, 1.807) is 0 Å². The summed E-state index contributed by atoms with van der Waals surface area (Å²) < 4.78 is 4.93. The van der Waals surface area contributed by atoms with E-state index in [4.69, 9.17) is 9.84 Å². The third kappa shape index (κ3) is 3.46. The lowest BCUT2D eigenvalue weighted by Gasteiger charge is -2.36. The Morgan fingerprint density at radius 2 is 2.19 bits per heavy atom. The second-order valence-electron chi connectivity index (χ2n) is 4.89. The van der Waals surface area contributed by atoms with E-state index < -0.39 is 12.0 Å². The molecule has 4 atom stereocenters. The molecule has 1 aliphatic rings. The van der Waals surface area contributed by atoms with Gasteiger partial charge in [0.1, 0.15) is 6.04 Å². The number of carboxylic acids is 1. The average molecular weight is 229 g/mol. The zero-order valence-electron chi connectivity index (χ0n) is 10.4. The second-order valence-corrected chi connectivity index (χ2v) is 4.89. The molecule has 0 bridgehead atoms. The lowest BCUT2D eigenvalue weighted by atomic mass is 9.78. The standard InChI is InChI=1S/C12H23NO3/c1-8-5-4-6-10(9(8)2)13-11(7-16-3)12(14)15/h8-11,13H,4-7H2,1-3H3,(H,14,15). The van der Waals surface area contributed by atoms with Crippen LogP contribution < -0.4 is 5.32 Å². The fourth-order valence-electron chi connectivity index (χ4n) is 2.43. The molecule has 0 aromatic rings. The van der Waals surface area contributed by atoms with Crippen LogP contribution in [0.1, 0.15) is 33.1 Å². The zero-order chi connectivity index (χ0) is 12.1. The Kier molecular flexibility index (Phi) is 5.22. The second kappa shape index (κ2) is 6.21. The van der Waals surface area contributed by atoms with Crippen molar-refractivity contribution >= 4 is 5.97 Å². The Morgan fingerprint density at radius 1 is 1.50 bits per heavy atom. The highest BCUT2D eigenvalue weighted by atomic mass is 16.5. The van der Waals surface area contributed by atoms with Crippen LogP contribution in [0, 0.1) is 11.8 Å². The van der Waals surface area contributed by atoms with Crippen molar-refractivity contribution in [1.82, 2.24) is 5.32 Å². The normalized spacial score (nSPS) is 32.3. The first kappa shape index (κ1) is 13.5. The van der Waals surface area contributed by atoms with Gasteiger partial charge in [0.25, 0.3) is 0 Å². The van der Waals surface area contributed by atoms with Crippen molar-refractivity contribution in [2.75, 3.05) is 13.7 Å². The molecule has 94 valence electrons. The minimum atomic E-state index is -0.827. The smallest absolute Gasteiger partial charge is 0.323 e. The SMILES string of the molecule is COCC(NC1CCCC(C)C1C)C(=O)O. The fraction of sp³-hybridized carbons (Fsp3) is 0.917. The van der Waals surface area contributed by atoms with Crippen molar-refractivity contribution in [3.63, 3.8) is 0 Å². The van der Waals surface area contributed by atoms with Crippen LogP contribution >= 0.6 is 0 Å². The van der Waals surface area contributed by atoms with Gasteiger partial charge in [-0.05, 0) is 18.3 Å². The molecule has 4 nitrogen and oxygen atoms in total. The molecule has 0 amide bonds. The summed E-state index contributed by atoms with van der Waals surface area (Å²) >= 11 is 0. The molecule has 16 heavy (non-hydrogen) atoms. The lowest BCUT2D eigenvalue weighted by Crippen LogP contribution is -2.50. The molecule has 1 aliphatic carbocycles. The summed E-state index contributed by atoms with van der Waals surface area (Å²) in [5.41, 5.74) is 0. The van der Waals surface area contributed by atoms with Crippen LogP contribution in [0.5, 0.6) is 0 Å². The van der Waals surface area contributed by atoms with E-state index in [0.717, 1.165) is 6.42 Å². The van der Waals surface area contributed by atoms with E-state index in [-0.39, 0.29) is 6.61 Å². The van der Waals surface area contributed by atoms with Crippen molar-refractivity contribution in [2.24, 2.45) is 11.8 Å². The Morgan fingerprint density at radius 3 is 2.75 bits per heavy atom. The molecule has 0 heterocycles. The average Bonchev–Trinajstić information content (AvgIpc) is 2.23. The van der Waals surface area contributed by atoms with Gasteiger partial charge in [-0.3, -0.25) is 10.1 Å². The highest BCUT2D eigenvalue weighted by molar-refractivity contribution is 5.73. The number of ether oxygens (including phenoxy) is 1. The molecule has 4 unspecified atom stereocenters. The van der Waals surface area contributed by atoms with Crippen LogP contribution in [0.25, 0.3) is 0 Å². The predicted molar refractivity (Wildman–Crippen MR) is 62.4 cm³/mol. The number of rotatable bonds is 5. The topological polar surface area (TPSA) is 58.6 Å². The molecule has 1 fully saturated rings. The van der Waals surface area contributed by atoms with E-state index >= 15 is 0 Å². The van der Waals surface area contributed by atoms with Gasteiger partial charge < -0.3 is 9.84 Å². The van der Waals surface area contributed by atoms with E-state index in [0.29, 0.717) is 17.9 Å². The Balaban J connectivity index is 2.52. The quantitative estimate of drug-likeness (QED) is 0.750. The maximum Gasteiger partial charge on any atom is 0.323 e. The number of nitrogens with one attached hydrogen (secondary N) is 1. The van der Waals surface area contributed by atoms with Gasteiger partial charge in [0.2, 0.25) is 0 Å². The molecular formula is C12H23NO3. The summed E-state index contributed by atoms with van der Waals surface area (Å²) in [5.74, 6) is 0.378. The van der Waals surface area contributed by atoms with Crippen molar-refractivity contribution < 1.29 is 14.6 Å². The van der Waals surface area contributed by atoms with Crippen molar-refractivity contribution in [3.8, 4) is 0 Å². The van der Waals surface area contributed by atoms with Gasteiger partial charge in [0.15, 0.2) is 0 Å². The van der Waals surface area contributed by atoms with Gasteiger partial charge in [-0.25, -0.2) is 0 Å². The summed E-state index contributed by atoms with van der Waals surface area (Å²) in [4.78, 5) is 11.0. The molecule has 0 saturated heterocycles. The van der Waals surface area contributed by atoms with Gasteiger partial charge in [0, 0.05) is 13.2 Å². The monoisotopic (exact) mass is 229 g/mol. The Hall–Kier alpha value is -0.610. The highest BCUT2D eigenvalue weighted by Gasteiger charge is 2.30. The van der Waals surface area contributed by atoms with Crippen LogP contribution in [-0.2, 0) is 9.53 Å². The lowest BCUT2D eigenvalue weighted by molar-refractivity contribution is -0.141. The Labute approximate surface area is 97.4 Å². The van der Waals surface area contributed by atoms with E-state index in [2.05, 4.69) is 19.2 Å². The summed E-state index contributed by atoms with van der Waals surface area (Å²) in [7, 11) is 1.53. The van der Waals surface area contributed by atoms with Crippen molar-refractivity contribution in [1.29, 1.82) is 0 Å². The van der Waals surface area contributed by atoms with Crippen LogP contribution in [-0.4, -0.2) is 36.9 Å². The molecule has 4 heteroatoms. The number of hydrogen-bond acceptors (Lipinski definition) is 3. The number of carbonyl (C=O) groups is 1. The zero-order valence-corrected chi connectivity index (χ0v) is 10.4. The molecule has 0 aromatic carbocycles. The fourth-order valence-corrected chi connectivity index (χ4v) is 2.43. The molecule has 0 spiro atoms. The highest BCUT2D eigenvalue weighted by Crippen LogP contribution is 2.29. The molecular weight excluding hydrogens is 206 g/mol. The first-order valence-electron chi connectivity index (χ1n) is 6.04. The third-order valence-corrected chi connectivity index (χ3v) is 3.75. The summed E-state index contributed by atoms with van der Waals surface area (Å²) in [6, 6.07) is -0.275. The number of carboxylic acid groups (broad SMARTS) is 1. The minimum absolute atomic E-state index is 0.229. The number of hydrogen-bond donors (Lipinski definition) is 2. The summed E-state index contributed by atoms with van der Waals surface area (Å²) in [5, 5.41) is 12.3. The molecule has 1 saturated carbocycles. The third-order valence-electron chi connectivity index (χ3n) is 3.75. The van der Waals surface area contributed by atoms with Gasteiger partial charge in [-0.2, -0.15) is 0 Å². The van der Waals surface area contributed by atoms with Crippen molar-refractivity contribution in [2.45, 2.75) is 45.2 Å². The molecule has 1 rings (SSSR count). The first-order valence-corrected chi connectivity index (χ1v) is 6.04. The van der Waals surface area contributed by atoms with Crippen LogP contribution in [0.4, 0.5) is 0 Å². The molecule has 0 radical (unpaired) electrons. The summed E-state index contributed by atoms with van der Waals surface area (Å²) in [6.45, 7) is 4.67. The van der Waals surface area contributed by atoms with Gasteiger partial charge in [-0.15, -0.1) is 0 Å². The largest absolute Gasteiger partial charge is 0.480 e. The van der Waals surface area contributed by atoms with Gasteiger partial charge in [-0.1, -0.05) is 26.7 Å². The van der Waals surface area contributed by atoms with E-state index in [9.17, 15) is 4.79 Å².